The largest absolute Gasteiger partial charge is 0.341 e. The topological polar surface area (TPSA) is 41.4 Å². The summed E-state index contributed by atoms with van der Waals surface area (Å²) in [5, 5.41) is 4.40. The van der Waals surface area contributed by atoms with Gasteiger partial charge in [-0.3, -0.25) is 9.69 Å². The summed E-state index contributed by atoms with van der Waals surface area (Å²) in [6.07, 6.45) is 5.89. The molecule has 1 fully saturated rings. The third-order valence-corrected chi connectivity index (χ3v) is 5.58. The van der Waals surface area contributed by atoms with Crippen molar-refractivity contribution in [3.8, 4) is 5.69 Å². The van der Waals surface area contributed by atoms with Gasteiger partial charge in [0.1, 0.15) is 5.82 Å². The monoisotopic (exact) mass is 406 g/mol. The van der Waals surface area contributed by atoms with Gasteiger partial charge in [0.25, 0.3) is 0 Å². The molecule has 2 heterocycles. The van der Waals surface area contributed by atoms with E-state index >= 15 is 0 Å². The maximum Gasteiger partial charge on any atom is 0.222 e. The van der Waals surface area contributed by atoms with Gasteiger partial charge in [0.05, 0.1) is 11.9 Å². The fourth-order valence-electron chi connectivity index (χ4n) is 3.87. The first-order valence-electron chi connectivity index (χ1n) is 10.5. The van der Waals surface area contributed by atoms with E-state index in [0.717, 1.165) is 37.3 Å². The molecule has 0 spiro atoms. The van der Waals surface area contributed by atoms with Gasteiger partial charge in [0, 0.05) is 50.9 Å². The van der Waals surface area contributed by atoms with E-state index in [1.54, 1.807) is 6.07 Å². The van der Waals surface area contributed by atoms with E-state index in [9.17, 15) is 9.18 Å². The molecule has 156 valence electrons. The standard InChI is InChI=1S/C24H27FN4O/c25-23-10-5-4-7-21(23)19-27-13-6-14-28(16-15-27)24(30)12-11-20-17-26-29(18-20)22-8-2-1-3-9-22/h1-5,7-10,17-18H,6,11-16,19H2. The number of benzene rings is 2. The van der Waals surface area contributed by atoms with Crippen LogP contribution in [0.15, 0.2) is 67.0 Å². The lowest BCUT2D eigenvalue weighted by Crippen LogP contribution is -2.35. The maximum absolute atomic E-state index is 13.9. The van der Waals surface area contributed by atoms with Crippen LogP contribution in [0.1, 0.15) is 24.0 Å². The Morgan fingerprint density at radius 2 is 1.77 bits per heavy atom. The molecule has 0 aliphatic carbocycles. The molecule has 1 aliphatic heterocycles. The molecule has 0 saturated carbocycles. The summed E-state index contributed by atoms with van der Waals surface area (Å²) < 4.78 is 15.8. The van der Waals surface area contributed by atoms with E-state index < -0.39 is 0 Å². The first kappa shape index (κ1) is 20.3. The van der Waals surface area contributed by atoms with Crippen LogP contribution in [0.25, 0.3) is 5.69 Å². The van der Waals surface area contributed by atoms with Crippen molar-refractivity contribution >= 4 is 5.91 Å². The van der Waals surface area contributed by atoms with Crippen LogP contribution in [0.2, 0.25) is 0 Å². The lowest BCUT2D eigenvalue weighted by Gasteiger charge is -2.22. The van der Waals surface area contributed by atoms with E-state index in [1.807, 2.05) is 64.4 Å². The summed E-state index contributed by atoms with van der Waals surface area (Å²) in [5.41, 5.74) is 2.79. The predicted molar refractivity (Wildman–Crippen MR) is 115 cm³/mol. The summed E-state index contributed by atoms with van der Waals surface area (Å²) >= 11 is 0. The van der Waals surface area contributed by atoms with Gasteiger partial charge in [-0.25, -0.2) is 9.07 Å². The van der Waals surface area contributed by atoms with Crippen molar-refractivity contribution in [3.63, 3.8) is 0 Å². The third-order valence-electron chi connectivity index (χ3n) is 5.58. The molecule has 3 aromatic rings. The molecule has 0 unspecified atom stereocenters. The van der Waals surface area contributed by atoms with E-state index in [1.165, 1.54) is 6.07 Å². The molecular weight excluding hydrogens is 379 g/mol. The predicted octanol–water partition coefficient (Wildman–Crippen LogP) is 3.68. The molecule has 4 rings (SSSR count). The van der Waals surface area contributed by atoms with Gasteiger partial charge in [-0.15, -0.1) is 0 Å². The zero-order chi connectivity index (χ0) is 20.8. The minimum Gasteiger partial charge on any atom is -0.341 e. The molecule has 6 heteroatoms. The number of carbonyl (C=O) groups is 1. The second-order valence-electron chi connectivity index (χ2n) is 7.73. The SMILES string of the molecule is O=C(CCc1cnn(-c2ccccc2)c1)N1CCCN(Cc2ccccc2F)CC1. The van der Waals surface area contributed by atoms with E-state index in [4.69, 9.17) is 0 Å². The number of aromatic nitrogens is 2. The summed E-state index contributed by atoms with van der Waals surface area (Å²) in [7, 11) is 0. The number of hydrogen-bond donors (Lipinski definition) is 0. The molecule has 1 aliphatic rings. The molecule has 30 heavy (non-hydrogen) atoms. The molecular formula is C24H27FN4O. The molecule has 0 atom stereocenters. The number of rotatable bonds is 6. The zero-order valence-electron chi connectivity index (χ0n) is 17.1. The van der Waals surface area contributed by atoms with Crippen LogP contribution in [-0.2, 0) is 17.8 Å². The summed E-state index contributed by atoms with van der Waals surface area (Å²) in [5.74, 6) is 0.0148. The van der Waals surface area contributed by atoms with Gasteiger partial charge in [0.15, 0.2) is 0 Å². The molecule has 0 radical (unpaired) electrons. The minimum atomic E-state index is -0.161. The van der Waals surface area contributed by atoms with Crippen LogP contribution < -0.4 is 0 Å². The Morgan fingerprint density at radius 3 is 2.60 bits per heavy atom. The Hall–Kier alpha value is -2.99. The Kier molecular flexibility index (Phi) is 6.54. The van der Waals surface area contributed by atoms with Gasteiger partial charge in [0.2, 0.25) is 5.91 Å². The highest BCUT2D eigenvalue weighted by molar-refractivity contribution is 5.76. The number of para-hydroxylation sites is 1. The first-order valence-corrected chi connectivity index (χ1v) is 10.5. The molecule has 5 nitrogen and oxygen atoms in total. The summed E-state index contributed by atoms with van der Waals surface area (Å²) in [6, 6.07) is 16.9. The molecule has 1 aromatic heterocycles. The smallest absolute Gasteiger partial charge is 0.222 e. The second-order valence-corrected chi connectivity index (χ2v) is 7.73. The van der Waals surface area contributed by atoms with Crippen molar-refractivity contribution in [1.29, 1.82) is 0 Å². The second kappa shape index (κ2) is 9.67. The van der Waals surface area contributed by atoms with Crippen molar-refractivity contribution in [2.75, 3.05) is 26.2 Å². The number of amides is 1. The van der Waals surface area contributed by atoms with Gasteiger partial charge in [-0.1, -0.05) is 36.4 Å². The number of carbonyl (C=O) groups excluding carboxylic acids is 1. The average molecular weight is 407 g/mol. The van der Waals surface area contributed by atoms with Gasteiger partial charge >= 0.3 is 0 Å². The van der Waals surface area contributed by atoms with Crippen LogP contribution >= 0.6 is 0 Å². The van der Waals surface area contributed by atoms with Crippen LogP contribution in [0.5, 0.6) is 0 Å². The van der Waals surface area contributed by atoms with Crippen LogP contribution in [-0.4, -0.2) is 51.7 Å². The molecule has 0 N–H and O–H groups in total. The lowest BCUT2D eigenvalue weighted by molar-refractivity contribution is -0.131. The first-order chi connectivity index (χ1) is 14.7. The van der Waals surface area contributed by atoms with Crippen molar-refractivity contribution in [2.45, 2.75) is 25.8 Å². The molecule has 0 bridgehead atoms. The molecule has 1 amide bonds. The number of aryl methyl sites for hydroxylation is 1. The Balaban J connectivity index is 1.27. The fraction of sp³-hybridized carbons (Fsp3) is 0.333. The van der Waals surface area contributed by atoms with Gasteiger partial charge in [-0.2, -0.15) is 5.10 Å². The Morgan fingerprint density at radius 1 is 0.967 bits per heavy atom. The zero-order valence-corrected chi connectivity index (χ0v) is 17.1. The Labute approximate surface area is 176 Å². The number of halogens is 1. The average Bonchev–Trinajstić information content (AvgIpc) is 3.13. The van der Waals surface area contributed by atoms with Crippen molar-refractivity contribution in [1.82, 2.24) is 19.6 Å². The Bertz CT molecular complexity index is 972. The maximum atomic E-state index is 13.9. The van der Waals surface area contributed by atoms with Crippen molar-refractivity contribution < 1.29 is 9.18 Å². The number of nitrogens with zero attached hydrogens (tertiary/aromatic N) is 4. The number of hydrogen-bond acceptors (Lipinski definition) is 3. The van der Waals surface area contributed by atoms with E-state index in [2.05, 4.69) is 10.00 Å². The van der Waals surface area contributed by atoms with Crippen LogP contribution in [0.3, 0.4) is 0 Å². The third kappa shape index (κ3) is 5.13. The highest BCUT2D eigenvalue weighted by Crippen LogP contribution is 2.14. The lowest BCUT2D eigenvalue weighted by atomic mass is 10.2. The minimum absolute atomic E-state index is 0.161. The van der Waals surface area contributed by atoms with Gasteiger partial charge in [-0.05, 0) is 36.6 Å². The molecule has 1 saturated heterocycles. The summed E-state index contributed by atoms with van der Waals surface area (Å²) in [4.78, 5) is 16.9. The highest BCUT2D eigenvalue weighted by atomic mass is 19.1. The highest BCUT2D eigenvalue weighted by Gasteiger charge is 2.20. The normalized spacial score (nSPS) is 15.2. The fourth-order valence-corrected chi connectivity index (χ4v) is 3.87. The summed E-state index contributed by atoms with van der Waals surface area (Å²) in [6.45, 7) is 3.69. The quantitative estimate of drug-likeness (QED) is 0.627. The van der Waals surface area contributed by atoms with Crippen molar-refractivity contribution in [3.05, 3.63) is 83.9 Å². The van der Waals surface area contributed by atoms with Crippen molar-refractivity contribution in [2.24, 2.45) is 0 Å². The van der Waals surface area contributed by atoms with E-state index in [-0.39, 0.29) is 11.7 Å². The van der Waals surface area contributed by atoms with E-state index in [0.29, 0.717) is 31.5 Å². The molecule has 2 aromatic carbocycles. The van der Waals surface area contributed by atoms with Gasteiger partial charge < -0.3 is 4.90 Å². The van der Waals surface area contributed by atoms with Crippen LogP contribution in [0.4, 0.5) is 4.39 Å². The van der Waals surface area contributed by atoms with Crippen LogP contribution in [0, 0.1) is 5.82 Å².